The lowest BCUT2D eigenvalue weighted by molar-refractivity contribution is -0.142. The van der Waals surface area contributed by atoms with E-state index in [-0.39, 0.29) is 19.0 Å². The number of alkyl carbamates (subject to hydrolysis) is 1. The average molecular weight is 521 g/mol. The Kier molecular flexibility index (Phi) is 11.3. The Balaban J connectivity index is 2.44. The number of ether oxygens (including phenoxy) is 1. The van der Waals surface area contributed by atoms with Gasteiger partial charge in [0.05, 0.1) is 6.07 Å². The number of carbonyl (C=O) groups is 3. The highest BCUT2D eigenvalue weighted by atomic mass is 16.6. The molecule has 0 heterocycles. The summed E-state index contributed by atoms with van der Waals surface area (Å²) in [6.45, 7) is 11.0. The first-order valence-corrected chi connectivity index (χ1v) is 13.0. The first-order chi connectivity index (χ1) is 17.9. The molecule has 2 unspecified atom stereocenters. The summed E-state index contributed by atoms with van der Waals surface area (Å²) in [6, 6.07) is 16.9. The lowest BCUT2D eigenvalue weighted by Crippen LogP contribution is -2.53. The molecule has 2 atom stereocenters. The number of nitriles is 1. The number of hydrogen-bond acceptors (Lipinski definition) is 5. The average Bonchev–Trinajstić information content (AvgIpc) is 2.86. The molecule has 0 fully saturated rings. The van der Waals surface area contributed by atoms with Gasteiger partial charge in [0.15, 0.2) is 0 Å². The molecule has 8 heteroatoms. The van der Waals surface area contributed by atoms with Crippen LogP contribution < -0.4 is 10.6 Å². The number of rotatable bonds is 11. The van der Waals surface area contributed by atoms with Crippen LogP contribution in [0.4, 0.5) is 4.79 Å². The highest BCUT2D eigenvalue weighted by molar-refractivity contribution is 5.92. The molecule has 2 rings (SSSR count). The number of hydrogen-bond donors (Lipinski definition) is 2. The number of amides is 3. The first kappa shape index (κ1) is 30.4. The Labute approximate surface area is 226 Å². The summed E-state index contributed by atoms with van der Waals surface area (Å²) in [4.78, 5) is 41.4. The molecule has 0 spiro atoms. The predicted octanol–water partition coefficient (Wildman–Crippen LogP) is 4.90. The largest absolute Gasteiger partial charge is 0.444 e. The SMILES string of the molecule is CCc1ccc(C(C(=O)NCc2ccccc2)N(CC#N)C(=O)C(CC(C)C)NC(=O)OC(C)(C)C)cc1. The van der Waals surface area contributed by atoms with Crippen LogP contribution in [0.5, 0.6) is 0 Å². The van der Waals surface area contributed by atoms with Crippen molar-refractivity contribution < 1.29 is 19.1 Å². The van der Waals surface area contributed by atoms with Crippen LogP contribution >= 0.6 is 0 Å². The van der Waals surface area contributed by atoms with Crippen molar-refractivity contribution in [2.24, 2.45) is 5.92 Å². The molecule has 0 saturated heterocycles. The van der Waals surface area contributed by atoms with Gasteiger partial charge in [-0.25, -0.2) is 4.79 Å². The molecule has 0 aliphatic rings. The molecule has 204 valence electrons. The Morgan fingerprint density at radius 3 is 2.16 bits per heavy atom. The van der Waals surface area contributed by atoms with Crippen molar-refractivity contribution in [3.8, 4) is 6.07 Å². The maximum absolute atomic E-state index is 13.9. The van der Waals surface area contributed by atoms with Gasteiger partial charge in [0, 0.05) is 6.54 Å². The molecular formula is C30H40N4O4. The molecule has 0 aromatic heterocycles. The van der Waals surface area contributed by atoms with E-state index in [2.05, 4.69) is 10.6 Å². The van der Waals surface area contributed by atoms with E-state index in [1.807, 2.05) is 81.4 Å². The number of carbonyl (C=O) groups excluding carboxylic acids is 3. The minimum atomic E-state index is -1.06. The summed E-state index contributed by atoms with van der Waals surface area (Å²) in [5.41, 5.74) is 1.82. The van der Waals surface area contributed by atoms with Crippen LogP contribution in [-0.4, -0.2) is 41.0 Å². The van der Waals surface area contributed by atoms with Crippen molar-refractivity contribution >= 4 is 17.9 Å². The predicted molar refractivity (Wildman–Crippen MR) is 147 cm³/mol. The minimum Gasteiger partial charge on any atom is -0.444 e. The van der Waals surface area contributed by atoms with Crippen LogP contribution in [-0.2, 0) is 27.3 Å². The summed E-state index contributed by atoms with van der Waals surface area (Å²) >= 11 is 0. The Morgan fingerprint density at radius 2 is 1.63 bits per heavy atom. The van der Waals surface area contributed by atoms with Gasteiger partial charge in [0.1, 0.15) is 24.2 Å². The third-order valence-electron chi connectivity index (χ3n) is 5.79. The van der Waals surface area contributed by atoms with Gasteiger partial charge < -0.3 is 20.3 Å². The molecule has 2 aromatic rings. The quantitative estimate of drug-likeness (QED) is 0.410. The Morgan fingerprint density at radius 1 is 1.00 bits per heavy atom. The molecule has 0 radical (unpaired) electrons. The van der Waals surface area contributed by atoms with Gasteiger partial charge in [0.2, 0.25) is 11.8 Å². The van der Waals surface area contributed by atoms with Crippen LogP contribution in [0, 0.1) is 17.2 Å². The zero-order chi connectivity index (χ0) is 28.3. The van der Waals surface area contributed by atoms with Crippen LogP contribution in [0.15, 0.2) is 54.6 Å². The molecule has 38 heavy (non-hydrogen) atoms. The Bertz CT molecular complexity index is 1100. The maximum Gasteiger partial charge on any atom is 0.408 e. The molecule has 0 saturated carbocycles. The maximum atomic E-state index is 13.9. The Hall–Kier alpha value is -3.86. The van der Waals surface area contributed by atoms with Gasteiger partial charge in [-0.3, -0.25) is 9.59 Å². The molecule has 0 aliphatic carbocycles. The lowest BCUT2D eigenvalue weighted by Gasteiger charge is -2.33. The van der Waals surface area contributed by atoms with E-state index in [0.717, 1.165) is 17.5 Å². The normalized spacial score (nSPS) is 12.7. The second kappa shape index (κ2) is 14.2. The summed E-state index contributed by atoms with van der Waals surface area (Å²) in [6.07, 6.45) is 0.404. The van der Waals surface area contributed by atoms with E-state index >= 15 is 0 Å². The number of nitrogens with zero attached hydrogens (tertiary/aromatic N) is 2. The summed E-state index contributed by atoms with van der Waals surface area (Å²) in [5.74, 6) is -0.884. The fourth-order valence-corrected chi connectivity index (χ4v) is 4.01. The van der Waals surface area contributed by atoms with Crippen molar-refractivity contribution in [3.05, 3.63) is 71.3 Å². The van der Waals surface area contributed by atoms with Crippen LogP contribution in [0.2, 0.25) is 0 Å². The van der Waals surface area contributed by atoms with Gasteiger partial charge in [-0.15, -0.1) is 0 Å². The highest BCUT2D eigenvalue weighted by Gasteiger charge is 2.36. The van der Waals surface area contributed by atoms with Crippen LogP contribution in [0.25, 0.3) is 0 Å². The molecule has 0 aliphatic heterocycles. The summed E-state index contributed by atoms with van der Waals surface area (Å²) < 4.78 is 5.38. The fraction of sp³-hybridized carbons (Fsp3) is 0.467. The zero-order valence-electron chi connectivity index (χ0n) is 23.3. The van der Waals surface area contributed by atoms with E-state index in [0.29, 0.717) is 12.0 Å². The molecule has 0 bridgehead atoms. The van der Waals surface area contributed by atoms with E-state index in [4.69, 9.17) is 4.74 Å². The van der Waals surface area contributed by atoms with Gasteiger partial charge in [-0.05, 0) is 56.2 Å². The van der Waals surface area contributed by atoms with Crippen molar-refractivity contribution in [1.29, 1.82) is 5.26 Å². The van der Waals surface area contributed by atoms with Crippen molar-refractivity contribution in [3.63, 3.8) is 0 Å². The molecule has 3 amide bonds. The van der Waals surface area contributed by atoms with E-state index in [1.54, 1.807) is 20.8 Å². The van der Waals surface area contributed by atoms with Crippen molar-refractivity contribution in [1.82, 2.24) is 15.5 Å². The molecular weight excluding hydrogens is 480 g/mol. The smallest absolute Gasteiger partial charge is 0.408 e. The molecule has 2 aromatic carbocycles. The third kappa shape index (κ3) is 9.55. The van der Waals surface area contributed by atoms with E-state index in [9.17, 15) is 19.6 Å². The molecule has 8 nitrogen and oxygen atoms in total. The van der Waals surface area contributed by atoms with Gasteiger partial charge in [-0.1, -0.05) is 75.4 Å². The topological polar surface area (TPSA) is 112 Å². The van der Waals surface area contributed by atoms with Gasteiger partial charge in [0.25, 0.3) is 0 Å². The van der Waals surface area contributed by atoms with E-state index in [1.165, 1.54) is 4.90 Å². The van der Waals surface area contributed by atoms with Gasteiger partial charge >= 0.3 is 6.09 Å². The van der Waals surface area contributed by atoms with Gasteiger partial charge in [-0.2, -0.15) is 5.26 Å². The monoisotopic (exact) mass is 520 g/mol. The summed E-state index contributed by atoms with van der Waals surface area (Å²) in [7, 11) is 0. The molecule has 2 N–H and O–H groups in total. The standard InChI is InChI=1S/C30H40N4O4/c1-7-22-13-15-24(16-14-22)26(27(35)32-20-23-11-9-8-10-12-23)34(18-17-31)28(36)25(19-21(2)3)33-29(37)38-30(4,5)6/h8-16,21,25-26H,7,18-20H2,1-6H3,(H,32,35)(H,33,37). The first-order valence-electron chi connectivity index (χ1n) is 13.0. The van der Waals surface area contributed by atoms with E-state index < -0.39 is 35.6 Å². The van der Waals surface area contributed by atoms with Crippen molar-refractivity contribution in [2.45, 2.75) is 78.6 Å². The van der Waals surface area contributed by atoms with Crippen LogP contribution in [0.1, 0.15) is 70.7 Å². The highest BCUT2D eigenvalue weighted by Crippen LogP contribution is 2.24. The fourth-order valence-electron chi connectivity index (χ4n) is 4.01. The minimum absolute atomic E-state index is 0.0528. The number of nitrogens with one attached hydrogen (secondary N) is 2. The second-order valence-corrected chi connectivity index (χ2v) is 10.7. The van der Waals surface area contributed by atoms with Crippen LogP contribution in [0.3, 0.4) is 0 Å². The zero-order valence-corrected chi connectivity index (χ0v) is 23.3. The third-order valence-corrected chi connectivity index (χ3v) is 5.79. The van der Waals surface area contributed by atoms with Crippen molar-refractivity contribution in [2.75, 3.05) is 6.54 Å². The summed E-state index contributed by atoms with van der Waals surface area (Å²) in [5, 5.41) is 15.3. The second-order valence-electron chi connectivity index (χ2n) is 10.7. The lowest BCUT2D eigenvalue weighted by atomic mass is 9.98. The number of aryl methyl sites for hydroxylation is 1. The number of benzene rings is 2.